The van der Waals surface area contributed by atoms with E-state index in [0.717, 1.165) is 18.0 Å². The molecule has 2 atom stereocenters. The van der Waals surface area contributed by atoms with Gasteiger partial charge in [-0.3, -0.25) is 0 Å². The smallest absolute Gasteiger partial charge is 0.00923 e. The molecule has 0 amide bonds. The van der Waals surface area contributed by atoms with Crippen LogP contribution in [0.5, 0.6) is 0 Å². The lowest BCUT2D eigenvalue weighted by Crippen LogP contribution is -2.41. The Hall–Kier alpha value is -0.0800. The quantitative estimate of drug-likeness (QED) is 0.768. The average Bonchev–Trinajstić information content (AvgIpc) is 2.70. The van der Waals surface area contributed by atoms with Crippen LogP contribution in [-0.4, -0.2) is 37.1 Å². The monoisotopic (exact) mass is 210 g/mol. The second kappa shape index (κ2) is 5.31. The van der Waals surface area contributed by atoms with Crippen molar-refractivity contribution >= 4 is 0 Å². The van der Waals surface area contributed by atoms with Crippen molar-refractivity contribution in [3.05, 3.63) is 0 Å². The average molecular weight is 210 g/mol. The van der Waals surface area contributed by atoms with Crippen molar-refractivity contribution in [2.24, 2.45) is 5.92 Å². The van der Waals surface area contributed by atoms with Crippen molar-refractivity contribution in [1.29, 1.82) is 0 Å². The normalized spacial score (nSPS) is 33.8. The Morgan fingerprint density at radius 1 is 1.20 bits per heavy atom. The summed E-state index contributed by atoms with van der Waals surface area (Å²) in [5.41, 5.74) is 0. The van der Waals surface area contributed by atoms with Gasteiger partial charge in [-0.15, -0.1) is 0 Å². The second-order valence-electron chi connectivity index (χ2n) is 5.62. The van der Waals surface area contributed by atoms with Gasteiger partial charge in [-0.25, -0.2) is 0 Å². The summed E-state index contributed by atoms with van der Waals surface area (Å²) in [6, 6.07) is 1.64. The van der Waals surface area contributed by atoms with Gasteiger partial charge >= 0.3 is 0 Å². The SMILES string of the molecule is CC1CC(CN(C)C2CCCC2)CCN1. The maximum Gasteiger partial charge on any atom is 0.00923 e. The molecule has 2 heteroatoms. The van der Waals surface area contributed by atoms with Crippen LogP contribution >= 0.6 is 0 Å². The minimum Gasteiger partial charge on any atom is -0.314 e. The summed E-state index contributed by atoms with van der Waals surface area (Å²) in [6.07, 6.45) is 8.54. The molecule has 1 saturated heterocycles. The van der Waals surface area contributed by atoms with Crippen LogP contribution < -0.4 is 5.32 Å². The predicted octanol–water partition coefficient (Wildman–Crippen LogP) is 2.25. The molecule has 2 rings (SSSR count). The van der Waals surface area contributed by atoms with Crippen LogP contribution in [-0.2, 0) is 0 Å². The highest BCUT2D eigenvalue weighted by atomic mass is 15.1. The maximum atomic E-state index is 3.54. The van der Waals surface area contributed by atoms with E-state index in [-0.39, 0.29) is 0 Å². The van der Waals surface area contributed by atoms with Gasteiger partial charge in [-0.05, 0) is 52.1 Å². The summed E-state index contributed by atoms with van der Waals surface area (Å²) in [7, 11) is 2.34. The molecular weight excluding hydrogens is 184 g/mol. The van der Waals surface area contributed by atoms with Crippen LogP contribution in [0, 0.1) is 5.92 Å². The molecule has 1 N–H and O–H groups in total. The van der Waals surface area contributed by atoms with Crippen molar-refractivity contribution < 1.29 is 0 Å². The number of nitrogens with one attached hydrogen (secondary N) is 1. The second-order valence-corrected chi connectivity index (χ2v) is 5.62. The zero-order valence-electron chi connectivity index (χ0n) is 10.3. The van der Waals surface area contributed by atoms with Crippen LogP contribution in [0.4, 0.5) is 0 Å². The molecule has 15 heavy (non-hydrogen) atoms. The summed E-state index contributed by atoms with van der Waals surface area (Å²) < 4.78 is 0. The zero-order valence-corrected chi connectivity index (χ0v) is 10.3. The molecule has 2 unspecified atom stereocenters. The van der Waals surface area contributed by atoms with Crippen LogP contribution in [0.25, 0.3) is 0 Å². The fraction of sp³-hybridized carbons (Fsp3) is 1.00. The van der Waals surface area contributed by atoms with Crippen molar-refractivity contribution in [2.75, 3.05) is 20.1 Å². The Kier molecular flexibility index (Phi) is 4.04. The number of piperidine rings is 1. The lowest BCUT2D eigenvalue weighted by molar-refractivity contribution is 0.176. The fourth-order valence-corrected chi connectivity index (χ4v) is 3.30. The van der Waals surface area contributed by atoms with Gasteiger partial charge < -0.3 is 10.2 Å². The minimum atomic E-state index is 0.737. The summed E-state index contributed by atoms with van der Waals surface area (Å²) in [4.78, 5) is 2.63. The summed E-state index contributed by atoms with van der Waals surface area (Å²) in [6.45, 7) is 4.88. The van der Waals surface area contributed by atoms with E-state index in [0.29, 0.717) is 0 Å². The molecule has 0 bridgehead atoms. The first kappa shape index (κ1) is 11.4. The van der Waals surface area contributed by atoms with Crippen molar-refractivity contribution in [2.45, 2.75) is 57.5 Å². The van der Waals surface area contributed by atoms with Crippen molar-refractivity contribution in [1.82, 2.24) is 10.2 Å². The largest absolute Gasteiger partial charge is 0.314 e. The third kappa shape index (κ3) is 3.18. The first-order chi connectivity index (χ1) is 7.25. The van der Waals surface area contributed by atoms with Gasteiger partial charge in [0.15, 0.2) is 0 Å². The van der Waals surface area contributed by atoms with Crippen molar-refractivity contribution in [3.63, 3.8) is 0 Å². The first-order valence-electron chi connectivity index (χ1n) is 6.69. The van der Waals surface area contributed by atoms with Crippen LogP contribution in [0.1, 0.15) is 45.4 Å². The molecule has 88 valence electrons. The molecular formula is C13H26N2. The Labute approximate surface area is 94.4 Å². The van der Waals surface area contributed by atoms with E-state index in [2.05, 4.69) is 24.2 Å². The molecule has 1 saturated carbocycles. The van der Waals surface area contributed by atoms with E-state index < -0.39 is 0 Å². The third-order valence-corrected chi connectivity index (χ3v) is 4.23. The van der Waals surface area contributed by atoms with Gasteiger partial charge in [-0.2, -0.15) is 0 Å². The molecule has 0 aromatic heterocycles. The Bertz CT molecular complexity index is 187. The number of nitrogens with zero attached hydrogens (tertiary/aromatic N) is 1. The van der Waals surface area contributed by atoms with Crippen LogP contribution in [0.15, 0.2) is 0 Å². The molecule has 2 aliphatic rings. The maximum absolute atomic E-state index is 3.54. The van der Waals surface area contributed by atoms with E-state index in [1.165, 1.54) is 51.6 Å². The predicted molar refractivity (Wildman–Crippen MR) is 65.1 cm³/mol. The molecule has 0 aromatic rings. The highest BCUT2D eigenvalue weighted by Gasteiger charge is 2.24. The zero-order chi connectivity index (χ0) is 10.7. The molecule has 2 nitrogen and oxygen atoms in total. The van der Waals surface area contributed by atoms with E-state index in [1.807, 2.05) is 0 Å². The number of hydrogen-bond donors (Lipinski definition) is 1. The number of hydrogen-bond acceptors (Lipinski definition) is 2. The molecule has 0 radical (unpaired) electrons. The molecule has 2 fully saturated rings. The highest BCUT2D eigenvalue weighted by molar-refractivity contribution is 4.81. The Balaban J connectivity index is 1.74. The first-order valence-corrected chi connectivity index (χ1v) is 6.69. The Morgan fingerprint density at radius 3 is 2.60 bits per heavy atom. The highest BCUT2D eigenvalue weighted by Crippen LogP contribution is 2.25. The van der Waals surface area contributed by atoms with E-state index in [1.54, 1.807) is 0 Å². The van der Waals surface area contributed by atoms with Gasteiger partial charge in [0, 0.05) is 18.6 Å². The summed E-state index contributed by atoms with van der Waals surface area (Å²) in [5, 5.41) is 3.54. The molecule has 0 spiro atoms. The fourth-order valence-electron chi connectivity index (χ4n) is 3.30. The molecule has 1 heterocycles. The van der Waals surface area contributed by atoms with Gasteiger partial charge in [0.25, 0.3) is 0 Å². The van der Waals surface area contributed by atoms with Gasteiger partial charge in [0.2, 0.25) is 0 Å². The summed E-state index contributed by atoms with van der Waals surface area (Å²) >= 11 is 0. The lowest BCUT2D eigenvalue weighted by atomic mass is 9.92. The van der Waals surface area contributed by atoms with E-state index in [4.69, 9.17) is 0 Å². The third-order valence-electron chi connectivity index (χ3n) is 4.23. The Morgan fingerprint density at radius 2 is 1.93 bits per heavy atom. The van der Waals surface area contributed by atoms with Gasteiger partial charge in [0.1, 0.15) is 0 Å². The van der Waals surface area contributed by atoms with Crippen LogP contribution in [0.2, 0.25) is 0 Å². The van der Waals surface area contributed by atoms with Crippen molar-refractivity contribution in [3.8, 4) is 0 Å². The van der Waals surface area contributed by atoms with E-state index >= 15 is 0 Å². The molecule has 1 aliphatic carbocycles. The van der Waals surface area contributed by atoms with Gasteiger partial charge in [0.05, 0.1) is 0 Å². The molecule has 1 aliphatic heterocycles. The molecule has 0 aromatic carbocycles. The van der Waals surface area contributed by atoms with E-state index in [9.17, 15) is 0 Å². The number of rotatable bonds is 3. The lowest BCUT2D eigenvalue weighted by Gasteiger charge is -2.33. The minimum absolute atomic E-state index is 0.737. The standard InChI is InChI=1S/C13H26N2/c1-11-9-12(7-8-14-11)10-15(2)13-5-3-4-6-13/h11-14H,3-10H2,1-2H3. The topological polar surface area (TPSA) is 15.3 Å². The van der Waals surface area contributed by atoms with Gasteiger partial charge in [-0.1, -0.05) is 12.8 Å². The van der Waals surface area contributed by atoms with Crippen LogP contribution in [0.3, 0.4) is 0 Å². The summed E-state index contributed by atoms with van der Waals surface area (Å²) in [5.74, 6) is 0.937.